The second-order valence-corrected chi connectivity index (χ2v) is 8.75. The van der Waals surface area contributed by atoms with Gasteiger partial charge in [-0.05, 0) is 54.5 Å². The monoisotopic (exact) mass is 362 g/mol. The summed E-state index contributed by atoms with van der Waals surface area (Å²) < 4.78 is 0. The van der Waals surface area contributed by atoms with Gasteiger partial charge in [0.1, 0.15) is 0 Å². The van der Waals surface area contributed by atoms with Gasteiger partial charge in [0.2, 0.25) is 0 Å². The molecule has 2 aromatic rings. The van der Waals surface area contributed by atoms with E-state index in [-0.39, 0.29) is 5.41 Å². The van der Waals surface area contributed by atoms with Crippen LogP contribution in [0, 0.1) is 13.8 Å². The van der Waals surface area contributed by atoms with Gasteiger partial charge in [-0.1, -0.05) is 107 Å². The molecule has 0 aromatic heterocycles. The Morgan fingerprint density at radius 3 is 2.00 bits per heavy atom. The largest absolute Gasteiger partial charge is 0.0654 e. The number of aryl methyl sites for hydroxylation is 2. The van der Waals surface area contributed by atoms with E-state index >= 15 is 0 Å². The third-order valence-electron chi connectivity index (χ3n) is 6.66. The molecule has 1 aliphatic rings. The summed E-state index contributed by atoms with van der Waals surface area (Å²) in [5.41, 5.74) is 9.39. The summed E-state index contributed by atoms with van der Waals surface area (Å²) >= 11 is 0. The molecule has 0 unspecified atom stereocenters. The maximum Gasteiger partial charge on any atom is 0.0215 e. The molecule has 0 atom stereocenters. The van der Waals surface area contributed by atoms with E-state index in [1.807, 2.05) is 0 Å². The fraction of sp³-hybridized carbons (Fsp3) is 0.556. The van der Waals surface area contributed by atoms with Crippen molar-refractivity contribution in [2.45, 2.75) is 97.3 Å². The van der Waals surface area contributed by atoms with E-state index < -0.39 is 0 Å². The van der Waals surface area contributed by atoms with Gasteiger partial charge in [-0.15, -0.1) is 0 Å². The van der Waals surface area contributed by atoms with Crippen molar-refractivity contribution in [1.82, 2.24) is 0 Å². The molecule has 1 aliphatic carbocycles. The zero-order valence-electron chi connectivity index (χ0n) is 18.0. The highest BCUT2D eigenvalue weighted by molar-refractivity contribution is 5.83. The van der Waals surface area contributed by atoms with E-state index in [2.05, 4.69) is 64.1 Å². The molecule has 0 N–H and O–H groups in total. The molecular formula is C27H38. The molecule has 0 fully saturated rings. The second kappa shape index (κ2) is 9.09. The predicted octanol–water partition coefficient (Wildman–Crippen LogP) is 8.51. The van der Waals surface area contributed by atoms with Crippen molar-refractivity contribution in [2.24, 2.45) is 0 Å². The van der Waals surface area contributed by atoms with Crippen LogP contribution >= 0.6 is 0 Å². The Balaban J connectivity index is 2.04. The van der Waals surface area contributed by atoms with Gasteiger partial charge in [-0.3, -0.25) is 0 Å². The quantitative estimate of drug-likeness (QED) is 0.371. The summed E-state index contributed by atoms with van der Waals surface area (Å²) in [6.45, 7) is 9.18. The zero-order chi connectivity index (χ0) is 19.3. The lowest BCUT2D eigenvalue weighted by Gasteiger charge is -2.33. The molecule has 146 valence electrons. The highest BCUT2D eigenvalue weighted by atomic mass is 14.4. The Bertz CT molecular complexity index is 741. The van der Waals surface area contributed by atoms with Gasteiger partial charge in [0, 0.05) is 5.41 Å². The maximum absolute atomic E-state index is 2.51. The highest BCUT2D eigenvalue weighted by Gasteiger charge is 2.42. The van der Waals surface area contributed by atoms with Crippen LogP contribution in [0.1, 0.15) is 100 Å². The first-order chi connectivity index (χ1) is 13.1. The van der Waals surface area contributed by atoms with Crippen molar-refractivity contribution < 1.29 is 0 Å². The zero-order valence-corrected chi connectivity index (χ0v) is 18.0. The Morgan fingerprint density at radius 2 is 1.37 bits per heavy atom. The molecule has 0 saturated heterocycles. The van der Waals surface area contributed by atoms with Crippen LogP contribution in [0.4, 0.5) is 0 Å². The molecule has 0 spiro atoms. The summed E-state index contributed by atoms with van der Waals surface area (Å²) in [5.74, 6) is 0. The lowest BCUT2D eigenvalue weighted by atomic mass is 9.70. The average Bonchev–Trinajstić information content (AvgIpc) is 2.93. The molecule has 0 saturated carbocycles. The Hall–Kier alpha value is -1.56. The fourth-order valence-corrected chi connectivity index (χ4v) is 5.21. The molecule has 2 aromatic carbocycles. The first-order valence-corrected chi connectivity index (χ1v) is 11.4. The van der Waals surface area contributed by atoms with E-state index in [1.165, 1.54) is 80.9 Å². The molecule has 0 heteroatoms. The number of rotatable bonds is 10. The summed E-state index contributed by atoms with van der Waals surface area (Å²) in [6.07, 6.45) is 13.4. The van der Waals surface area contributed by atoms with Crippen LogP contribution in [0.3, 0.4) is 0 Å². The second-order valence-electron chi connectivity index (χ2n) is 8.75. The van der Waals surface area contributed by atoms with Crippen LogP contribution in [0.5, 0.6) is 0 Å². The van der Waals surface area contributed by atoms with Gasteiger partial charge in [0.25, 0.3) is 0 Å². The number of unbranched alkanes of at least 4 members (excludes halogenated alkanes) is 6. The smallest absolute Gasteiger partial charge is 0.0215 e. The van der Waals surface area contributed by atoms with Crippen molar-refractivity contribution in [1.29, 1.82) is 0 Å². The van der Waals surface area contributed by atoms with Crippen LogP contribution in [0.15, 0.2) is 36.4 Å². The summed E-state index contributed by atoms with van der Waals surface area (Å²) in [4.78, 5) is 0. The Morgan fingerprint density at radius 1 is 0.704 bits per heavy atom. The number of fused-ring (bicyclic) bond motifs is 3. The van der Waals surface area contributed by atoms with E-state index in [0.717, 1.165) is 0 Å². The first-order valence-electron chi connectivity index (χ1n) is 11.4. The van der Waals surface area contributed by atoms with Gasteiger partial charge in [0.05, 0.1) is 0 Å². The molecule has 0 bridgehead atoms. The standard InChI is InChI=1S/C27H38/c1-5-7-9-11-18-27(19-12-10-8-6-2)24-15-13-14-22(4)26(24)23-17-16-21(3)20-25(23)27/h13-17,20H,5-12,18-19H2,1-4H3. The van der Waals surface area contributed by atoms with Gasteiger partial charge >= 0.3 is 0 Å². The Labute approximate surface area is 167 Å². The number of hydrogen-bond donors (Lipinski definition) is 0. The van der Waals surface area contributed by atoms with Gasteiger partial charge in [0.15, 0.2) is 0 Å². The predicted molar refractivity (Wildman–Crippen MR) is 120 cm³/mol. The molecule has 0 aliphatic heterocycles. The minimum atomic E-state index is 0.240. The van der Waals surface area contributed by atoms with Crippen molar-refractivity contribution in [3.8, 4) is 11.1 Å². The number of benzene rings is 2. The minimum Gasteiger partial charge on any atom is -0.0654 e. The summed E-state index contributed by atoms with van der Waals surface area (Å²) in [6, 6.07) is 14.2. The maximum atomic E-state index is 2.51. The van der Waals surface area contributed by atoms with E-state index in [1.54, 1.807) is 16.7 Å². The van der Waals surface area contributed by atoms with Crippen LogP contribution < -0.4 is 0 Å². The van der Waals surface area contributed by atoms with E-state index in [4.69, 9.17) is 0 Å². The molecule has 0 heterocycles. The summed E-state index contributed by atoms with van der Waals surface area (Å²) in [5, 5.41) is 0. The van der Waals surface area contributed by atoms with Crippen LogP contribution in [0.2, 0.25) is 0 Å². The lowest BCUT2D eigenvalue weighted by molar-refractivity contribution is 0.401. The SMILES string of the molecule is CCCCCCC1(CCCCCC)c2cc(C)ccc2-c2c(C)cccc21. The highest BCUT2D eigenvalue weighted by Crippen LogP contribution is 2.55. The van der Waals surface area contributed by atoms with Gasteiger partial charge in [-0.2, -0.15) is 0 Å². The lowest BCUT2D eigenvalue weighted by Crippen LogP contribution is -2.25. The average molecular weight is 363 g/mol. The molecule has 27 heavy (non-hydrogen) atoms. The Kier molecular flexibility index (Phi) is 6.79. The van der Waals surface area contributed by atoms with Gasteiger partial charge in [-0.25, -0.2) is 0 Å². The summed E-state index contributed by atoms with van der Waals surface area (Å²) in [7, 11) is 0. The normalized spacial score (nSPS) is 14.2. The van der Waals surface area contributed by atoms with E-state index in [9.17, 15) is 0 Å². The van der Waals surface area contributed by atoms with Crippen LogP contribution in [0.25, 0.3) is 11.1 Å². The topological polar surface area (TPSA) is 0 Å². The molecule has 0 nitrogen and oxygen atoms in total. The minimum absolute atomic E-state index is 0.240. The van der Waals surface area contributed by atoms with Crippen LogP contribution in [-0.4, -0.2) is 0 Å². The fourth-order valence-electron chi connectivity index (χ4n) is 5.21. The molecule has 0 amide bonds. The van der Waals surface area contributed by atoms with Crippen molar-refractivity contribution in [3.63, 3.8) is 0 Å². The van der Waals surface area contributed by atoms with Gasteiger partial charge < -0.3 is 0 Å². The number of hydrogen-bond acceptors (Lipinski definition) is 0. The third kappa shape index (κ3) is 4.00. The van der Waals surface area contributed by atoms with Crippen molar-refractivity contribution >= 4 is 0 Å². The molecule has 0 radical (unpaired) electrons. The van der Waals surface area contributed by atoms with Crippen molar-refractivity contribution in [3.05, 3.63) is 58.7 Å². The molecule has 3 rings (SSSR count). The van der Waals surface area contributed by atoms with Crippen LogP contribution in [-0.2, 0) is 5.41 Å². The third-order valence-corrected chi connectivity index (χ3v) is 6.66. The van der Waals surface area contributed by atoms with Crippen molar-refractivity contribution in [2.75, 3.05) is 0 Å². The molecular weight excluding hydrogens is 324 g/mol. The first kappa shape index (κ1) is 20.2. The van der Waals surface area contributed by atoms with E-state index in [0.29, 0.717) is 0 Å².